The van der Waals surface area contributed by atoms with E-state index in [1.807, 2.05) is 23.1 Å². The van der Waals surface area contributed by atoms with Gasteiger partial charge in [0.2, 0.25) is 5.91 Å². The number of nitrogens with zero attached hydrogens (tertiary/aromatic N) is 4. The molecule has 1 saturated heterocycles. The van der Waals surface area contributed by atoms with Crippen LogP contribution in [0.3, 0.4) is 0 Å². The molecule has 0 bridgehead atoms. The molecule has 3 rings (SSSR count). The highest BCUT2D eigenvalue weighted by atomic mass is 16.2. The lowest BCUT2D eigenvalue weighted by molar-refractivity contribution is -0.131. The molecule has 2 aromatic rings. The molecule has 5 heteroatoms. The van der Waals surface area contributed by atoms with Gasteiger partial charge in [-0.25, -0.2) is 4.98 Å². The molecule has 0 spiro atoms. The number of aromatic nitrogens is 2. The maximum absolute atomic E-state index is 11.9. The molecule has 1 aromatic carbocycles. The molecule has 0 saturated carbocycles. The average molecular weight is 282 g/mol. The number of carbonyl (C=O) groups excluding carboxylic acids is 1. The van der Waals surface area contributed by atoms with Gasteiger partial charge in [-0.2, -0.15) is 0 Å². The van der Waals surface area contributed by atoms with E-state index in [0.29, 0.717) is 6.54 Å². The van der Waals surface area contributed by atoms with Crippen LogP contribution < -0.4 is 4.90 Å². The first-order chi connectivity index (χ1) is 10.3. The summed E-state index contributed by atoms with van der Waals surface area (Å²) in [4.78, 5) is 24.5. The van der Waals surface area contributed by atoms with E-state index in [9.17, 15) is 4.79 Å². The van der Waals surface area contributed by atoms with Crippen molar-refractivity contribution in [3.63, 3.8) is 0 Å². The molecule has 0 N–H and O–H groups in total. The Hall–Kier alpha value is -2.43. The summed E-state index contributed by atoms with van der Waals surface area (Å²) < 4.78 is 0. The predicted octanol–water partition coefficient (Wildman–Crippen LogP) is 1.89. The van der Waals surface area contributed by atoms with Crippen LogP contribution in [0.25, 0.3) is 0 Å². The lowest BCUT2D eigenvalue weighted by atomic mass is 10.0. The van der Waals surface area contributed by atoms with Crippen LogP contribution >= 0.6 is 0 Å². The Morgan fingerprint density at radius 2 is 2.00 bits per heavy atom. The van der Waals surface area contributed by atoms with Crippen molar-refractivity contribution in [2.75, 3.05) is 24.5 Å². The van der Waals surface area contributed by atoms with Crippen LogP contribution in [-0.2, 0) is 4.79 Å². The molecule has 1 aromatic heterocycles. The fourth-order valence-corrected chi connectivity index (χ4v) is 2.78. The van der Waals surface area contributed by atoms with Gasteiger partial charge in [-0.05, 0) is 5.56 Å². The zero-order valence-corrected chi connectivity index (χ0v) is 12.0. The summed E-state index contributed by atoms with van der Waals surface area (Å²) in [5.74, 6) is 0.976. The van der Waals surface area contributed by atoms with Gasteiger partial charge in [0, 0.05) is 39.0 Å². The lowest BCUT2D eigenvalue weighted by Crippen LogP contribution is -2.50. The Morgan fingerprint density at radius 1 is 1.19 bits per heavy atom. The Morgan fingerprint density at radius 3 is 2.67 bits per heavy atom. The van der Waals surface area contributed by atoms with Crippen molar-refractivity contribution in [2.45, 2.75) is 13.0 Å². The first kappa shape index (κ1) is 13.5. The summed E-state index contributed by atoms with van der Waals surface area (Å²) in [7, 11) is 0. The highest BCUT2D eigenvalue weighted by molar-refractivity contribution is 5.74. The fraction of sp³-hybridized carbons (Fsp3) is 0.312. The van der Waals surface area contributed by atoms with Gasteiger partial charge in [-0.15, -0.1) is 0 Å². The summed E-state index contributed by atoms with van der Waals surface area (Å²) >= 11 is 0. The zero-order chi connectivity index (χ0) is 14.7. The number of hydrogen-bond acceptors (Lipinski definition) is 4. The first-order valence-electron chi connectivity index (χ1n) is 7.09. The van der Waals surface area contributed by atoms with E-state index in [0.717, 1.165) is 24.5 Å². The number of benzene rings is 1. The van der Waals surface area contributed by atoms with Crippen LogP contribution in [0.1, 0.15) is 18.5 Å². The fourth-order valence-electron chi connectivity index (χ4n) is 2.78. The van der Waals surface area contributed by atoms with Gasteiger partial charge in [0.25, 0.3) is 0 Å². The van der Waals surface area contributed by atoms with Gasteiger partial charge in [-0.3, -0.25) is 9.78 Å². The Bertz CT molecular complexity index is 602. The summed E-state index contributed by atoms with van der Waals surface area (Å²) in [6, 6.07) is 10.2. The van der Waals surface area contributed by atoms with Crippen molar-refractivity contribution in [3.8, 4) is 0 Å². The lowest BCUT2D eigenvalue weighted by Gasteiger charge is -2.41. The first-order valence-corrected chi connectivity index (χ1v) is 7.09. The molecule has 1 fully saturated rings. The van der Waals surface area contributed by atoms with Crippen molar-refractivity contribution in [1.29, 1.82) is 0 Å². The molecule has 0 aliphatic carbocycles. The van der Waals surface area contributed by atoms with Gasteiger partial charge in [-0.1, -0.05) is 30.3 Å². The minimum absolute atomic E-state index is 0.0551. The third-order valence-corrected chi connectivity index (χ3v) is 3.84. The highest BCUT2D eigenvalue weighted by Crippen LogP contribution is 2.27. The monoisotopic (exact) mass is 282 g/mol. The molecule has 0 radical (unpaired) electrons. The van der Waals surface area contributed by atoms with E-state index in [-0.39, 0.29) is 11.9 Å². The largest absolute Gasteiger partial charge is 0.351 e. The number of piperazine rings is 1. The SMILES string of the molecule is CC(=O)N1CCN(c2cnccn2)C[C@@H]1c1ccccc1. The van der Waals surface area contributed by atoms with E-state index >= 15 is 0 Å². The van der Waals surface area contributed by atoms with Crippen molar-refractivity contribution in [2.24, 2.45) is 0 Å². The number of amides is 1. The second-order valence-electron chi connectivity index (χ2n) is 5.15. The molecular weight excluding hydrogens is 264 g/mol. The van der Waals surface area contributed by atoms with Crippen LogP contribution in [0.5, 0.6) is 0 Å². The van der Waals surface area contributed by atoms with Gasteiger partial charge in [0.05, 0.1) is 12.2 Å². The third kappa shape index (κ3) is 2.86. The van der Waals surface area contributed by atoms with Gasteiger partial charge in [0.1, 0.15) is 5.82 Å². The molecular formula is C16H18N4O. The summed E-state index contributed by atoms with van der Waals surface area (Å²) in [5.41, 5.74) is 1.15. The minimum Gasteiger partial charge on any atom is -0.351 e. The zero-order valence-electron chi connectivity index (χ0n) is 12.0. The molecule has 21 heavy (non-hydrogen) atoms. The number of rotatable bonds is 2. The quantitative estimate of drug-likeness (QED) is 0.844. The van der Waals surface area contributed by atoms with Crippen LogP contribution in [-0.4, -0.2) is 40.4 Å². The Balaban J connectivity index is 1.87. The molecule has 108 valence electrons. The molecule has 1 amide bonds. The molecule has 2 heterocycles. The van der Waals surface area contributed by atoms with Crippen molar-refractivity contribution < 1.29 is 4.79 Å². The van der Waals surface area contributed by atoms with Crippen LogP contribution in [0, 0.1) is 0 Å². The van der Waals surface area contributed by atoms with Crippen molar-refractivity contribution >= 4 is 11.7 Å². The topological polar surface area (TPSA) is 49.3 Å². The van der Waals surface area contributed by atoms with E-state index in [1.54, 1.807) is 25.5 Å². The van der Waals surface area contributed by atoms with E-state index < -0.39 is 0 Å². The van der Waals surface area contributed by atoms with E-state index in [2.05, 4.69) is 27.0 Å². The molecule has 1 aliphatic rings. The second-order valence-corrected chi connectivity index (χ2v) is 5.15. The molecule has 1 atom stereocenters. The number of hydrogen-bond donors (Lipinski definition) is 0. The van der Waals surface area contributed by atoms with Crippen LogP contribution in [0.2, 0.25) is 0 Å². The van der Waals surface area contributed by atoms with Crippen molar-refractivity contribution in [3.05, 3.63) is 54.5 Å². The number of carbonyl (C=O) groups is 1. The Kier molecular flexibility index (Phi) is 3.81. The highest BCUT2D eigenvalue weighted by Gasteiger charge is 2.30. The molecule has 1 aliphatic heterocycles. The second kappa shape index (κ2) is 5.91. The normalized spacial score (nSPS) is 18.6. The maximum atomic E-state index is 11.9. The van der Waals surface area contributed by atoms with Crippen LogP contribution in [0.15, 0.2) is 48.9 Å². The summed E-state index contributed by atoms with van der Waals surface area (Å²) in [6.07, 6.45) is 5.14. The smallest absolute Gasteiger partial charge is 0.220 e. The maximum Gasteiger partial charge on any atom is 0.220 e. The predicted molar refractivity (Wildman–Crippen MR) is 80.8 cm³/mol. The minimum atomic E-state index is 0.0551. The average Bonchev–Trinajstić information content (AvgIpc) is 2.56. The van der Waals surface area contributed by atoms with Crippen LogP contribution in [0.4, 0.5) is 5.82 Å². The Labute approximate surface area is 124 Å². The summed E-state index contributed by atoms with van der Waals surface area (Å²) in [5, 5.41) is 0. The van der Waals surface area contributed by atoms with Gasteiger partial charge < -0.3 is 9.80 Å². The summed E-state index contributed by atoms with van der Waals surface area (Å²) in [6.45, 7) is 3.85. The molecule has 0 unspecified atom stereocenters. The third-order valence-electron chi connectivity index (χ3n) is 3.84. The van der Waals surface area contributed by atoms with Gasteiger partial charge >= 0.3 is 0 Å². The number of anilines is 1. The van der Waals surface area contributed by atoms with E-state index in [4.69, 9.17) is 0 Å². The van der Waals surface area contributed by atoms with Crippen molar-refractivity contribution in [1.82, 2.24) is 14.9 Å². The van der Waals surface area contributed by atoms with Gasteiger partial charge in [0.15, 0.2) is 0 Å². The molecule has 5 nitrogen and oxygen atoms in total. The van der Waals surface area contributed by atoms with E-state index in [1.165, 1.54) is 0 Å². The standard InChI is InChI=1S/C16H18N4O/c1-13(21)20-10-9-19(16-11-17-7-8-18-16)12-15(20)14-5-3-2-4-6-14/h2-8,11,15H,9-10,12H2,1H3/t15-/m1/s1.